The number of oxazole rings is 1. The fourth-order valence-electron chi connectivity index (χ4n) is 1.67. The Kier molecular flexibility index (Phi) is 3.96. The van der Waals surface area contributed by atoms with Crippen molar-refractivity contribution < 1.29 is 13.9 Å². The first-order valence-corrected chi connectivity index (χ1v) is 6.80. The van der Waals surface area contributed by atoms with Crippen molar-refractivity contribution in [1.29, 1.82) is 0 Å². The largest absolute Gasteiger partial charge is 0.436 e. The molecule has 0 aliphatic carbocycles. The van der Waals surface area contributed by atoms with Crippen LogP contribution in [0.25, 0.3) is 0 Å². The van der Waals surface area contributed by atoms with Crippen molar-refractivity contribution in [2.75, 3.05) is 0 Å². The fraction of sp³-hybridized carbons (Fsp3) is 0.357. The molecule has 102 valence electrons. The number of benzene rings is 1. The van der Waals surface area contributed by atoms with Crippen molar-refractivity contribution in [3.05, 3.63) is 40.5 Å². The van der Waals surface area contributed by atoms with Crippen molar-refractivity contribution in [2.24, 2.45) is 0 Å². The summed E-state index contributed by atoms with van der Waals surface area (Å²) < 4.78 is 19.1. The van der Waals surface area contributed by atoms with Crippen molar-refractivity contribution in [1.82, 2.24) is 4.98 Å². The van der Waals surface area contributed by atoms with Gasteiger partial charge in [-0.3, -0.25) is 0 Å². The van der Waals surface area contributed by atoms with E-state index in [1.807, 2.05) is 13.8 Å². The summed E-state index contributed by atoms with van der Waals surface area (Å²) in [5.74, 6) is 0.444. The van der Waals surface area contributed by atoms with E-state index in [2.05, 4.69) is 4.98 Å². The van der Waals surface area contributed by atoms with E-state index >= 15 is 0 Å². The highest BCUT2D eigenvalue weighted by molar-refractivity contribution is 7.99. The van der Waals surface area contributed by atoms with Crippen molar-refractivity contribution in [3.63, 3.8) is 0 Å². The number of aromatic nitrogens is 1. The van der Waals surface area contributed by atoms with Crippen LogP contribution in [0, 0.1) is 26.6 Å². The minimum absolute atomic E-state index is 0.319. The second kappa shape index (κ2) is 5.35. The van der Waals surface area contributed by atoms with Crippen molar-refractivity contribution >= 4 is 11.8 Å². The molecule has 0 saturated carbocycles. The molecule has 3 nitrogen and oxygen atoms in total. The summed E-state index contributed by atoms with van der Waals surface area (Å²) in [7, 11) is 0. The van der Waals surface area contributed by atoms with Crippen LogP contribution >= 0.6 is 11.8 Å². The summed E-state index contributed by atoms with van der Waals surface area (Å²) in [4.78, 5) is 5.04. The molecule has 0 radical (unpaired) electrons. The Balaban J connectivity index is 2.41. The minimum atomic E-state index is -0.741. The van der Waals surface area contributed by atoms with Gasteiger partial charge < -0.3 is 9.52 Å². The Morgan fingerprint density at radius 2 is 2.00 bits per heavy atom. The van der Waals surface area contributed by atoms with E-state index < -0.39 is 6.10 Å². The molecule has 0 spiro atoms. The smallest absolute Gasteiger partial charge is 0.261 e. The van der Waals surface area contributed by atoms with E-state index in [-0.39, 0.29) is 5.82 Å². The summed E-state index contributed by atoms with van der Waals surface area (Å²) in [6.45, 7) is 7.02. The van der Waals surface area contributed by atoms with Gasteiger partial charge in [0.05, 0.1) is 11.8 Å². The number of aliphatic hydroxyl groups is 1. The van der Waals surface area contributed by atoms with E-state index in [0.717, 1.165) is 16.3 Å². The Labute approximate surface area is 115 Å². The van der Waals surface area contributed by atoms with Crippen LogP contribution in [0.3, 0.4) is 0 Å². The molecule has 2 rings (SSSR count). The topological polar surface area (TPSA) is 46.3 Å². The molecule has 1 N–H and O–H groups in total. The number of halogens is 1. The zero-order valence-electron chi connectivity index (χ0n) is 11.3. The Hall–Kier alpha value is -1.33. The van der Waals surface area contributed by atoms with E-state index in [1.54, 1.807) is 19.9 Å². The van der Waals surface area contributed by atoms with Gasteiger partial charge in [-0.05, 0) is 62.7 Å². The second-order valence-corrected chi connectivity index (χ2v) is 5.53. The lowest BCUT2D eigenvalue weighted by Crippen LogP contribution is -1.97. The van der Waals surface area contributed by atoms with Crippen LogP contribution in [-0.2, 0) is 0 Å². The third-order valence-electron chi connectivity index (χ3n) is 2.95. The molecule has 0 aliphatic rings. The van der Waals surface area contributed by atoms with Crippen LogP contribution in [-0.4, -0.2) is 10.1 Å². The third-order valence-corrected chi connectivity index (χ3v) is 3.87. The quantitative estimate of drug-likeness (QED) is 0.925. The predicted molar refractivity (Wildman–Crippen MR) is 71.9 cm³/mol. The second-order valence-electron chi connectivity index (χ2n) is 4.54. The number of hydrogen-bond donors (Lipinski definition) is 1. The minimum Gasteiger partial charge on any atom is -0.436 e. The van der Waals surface area contributed by atoms with Gasteiger partial charge in [-0.2, -0.15) is 0 Å². The Bertz CT molecular complexity index is 588. The van der Waals surface area contributed by atoms with Crippen LogP contribution in [0.5, 0.6) is 0 Å². The van der Waals surface area contributed by atoms with Gasteiger partial charge >= 0.3 is 0 Å². The third kappa shape index (κ3) is 2.98. The first-order valence-electron chi connectivity index (χ1n) is 5.98. The van der Waals surface area contributed by atoms with E-state index in [0.29, 0.717) is 16.3 Å². The van der Waals surface area contributed by atoms with Crippen LogP contribution < -0.4 is 0 Å². The first kappa shape index (κ1) is 14.1. The fourth-order valence-corrected chi connectivity index (χ4v) is 2.79. The highest BCUT2D eigenvalue weighted by atomic mass is 32.2. The van der Waals surface area contributed by atoms with E-state index in [1.165, 1.54) is 17.8 Å². The summed E-state index contributed by atoms with van der Waals surface area (Å²) >= 11 is 1.30. The summed E-state index contributed by atoms with van der Waals surface area (Å²) in [6, 6.07) is 3.07. The van der Waals surface area contributed by atoms with Crippen LogP contribution in [0.15, 0.2) is 26.7 Å². The maximum atomic E-state index is 13.6. The summed E-state index contributed by atoms with van der Waals surface area (Å²) in [6.07, 6.45) is -0.741. The average Bonchev–Trinajstić information content (AvgIpc) is 2.62. The number of aliphatic hydroxyl groups excluding tert-OH is 1. The Morgan fingerprint density at radius 1 is 1.32 bits per heavy atom. The maximum Gasteiger partial charge on any atom is 0.261 e. The van der Waals surface area contributed by atoms with E-state index in [4.69, 9.17) is 4.42 Å². The van der Waals surface area contributed by atoms with Crippen molar-refractivity contribution in [3.8, 4) is 0 Å². The molecule has 0 amide bonds. The highest BCUT2D eigenvalue weighted by Gasteiger charge is 2.15. The first-order chi connectivity index (χ1) is 8.88. The maximum absolute atomic E-state index is 13.6. The predicted octanol–water partition coefficient (Wildman–Crippen LogP) is 3.94. The zero-order valence-corrected chi connectivity index (χ0v) is 12.1. The number of rotatable bonds is 3. The number of nitrogens with zero attached hydrogens (tertiary/aromatic N) is 1. The van der Waals surface area contributed by atoms with Crippen LogP contribution in [0.1, 0.15) is 35.6 Å². The lowest BCUT2D eigenvalue weighted by atomic mass is 10.1. The molecule has 0 bridgehead atoms. The molecule has 0 aliphatic heterocycles. The number of aryl methyl sites for hydroxylation is 3. The van der Waals surface area contributed by atoms with Gasteiger partial charge in [0.1, 0.15) is 11.6 Å². The molecule has 19 heavy (non-hydrogen) atoms. The lowest BCUT2D eigenvalue weighted by molar-refractivity contribution is 0.195. The van der Waals surface area contributed by atoms with Gasteiger partial charge in [0, 0.05) is 4.90 Å². The van der Waals surface area contributed by atoms with Gasteiger partial charge in [0.2, 0.25) is 0 Å². The molecule has 1 atom stereocenters. The van der Waals surface area contributed by atoms with Crippen LogP contribution in [0.4, 0.5) is 4.39 Å². The summed E-state index contributed by atoms with van der Waals surface area (Å²) in [5, 5.41) is 10.2. The van der Waals surface area contributed by atoms with Gasteiger partial charge in [-0.1, -0.05) is 0 Å². The van der Waals surface area contributed by atoms with Gasteiger partial charge in [0.25, 0.3) is 5.22 Å². The molecular formula is C14H16FNO2S. The molecule has 1 unspecified atom stereocenters. The SMILES string of the molecule is Cc1cc(Sc2nc(C)c(C)o2)c(C(C)O)cc1F. The molecule has 0 fully saturated rings. The molecule has 2 aromatic rings. The molecule has 1 aromatic carbocycles. The molecule has 0 saturated heterocycles. The van der Waals surface area contributed by atoms with Crippen LogP contribution in [0.2, 0.25) is 0 Å². The monoisotopic (exact) mass is 281 g/mol. The standard InChI is InChI=1S/C14H16FNO2S/c1-7-5-13(11(9(3)17)6-12(7)15)19-14-16-8(2)10(4)18-14/h5-6,9,17H,1-4H3. The normalized spacial score (nSPS) is 12.7. The van der Waals surface area contributed by atoms with Gasteiger partial charge in [-0.15, -0.1) is 0 Å². The van der Waals surface area contributed by atoms with E-state index in [9.17, 15) is 9.50 Å². The summed E-state index contributed by atoms with van der Waals surface area (Å²) in [5.41, 5.74) is 1.91. The lowest BCUT2D eigenvalue weighted by Gasteiger charge is -2.11. The average molecular weight is 281 g/mol. The van der Waals surface area contributed by atoms with Crippen molar-refractivity contribution in [2.45, 2.75) is 43.9 Å². The van der Waals surface area contributed by atoms with Gasteiger partial charge in [0.15, 0.2) is 0 Å². The molecular weight excluding hydrogens is 265 g/mol. The van der Waals surface area contributed by atoms with Gasteiger partial charge in [-0.25, -0.2) is 9.37 Å². The highest BCUT2D eigenvalue weighted by Crippen LogP contribution is 2.35. The number of hydrogen-bond acceptors (Lipinski definition) is 4. The molecule has 1 aromatic heterocycles. The molecule has 1 heterocycles. The Morgan fingerprint density at radius 3 is 2.53 bits per heavy atom. The zero-order chi connectivity index (χ0) is 14.2. The molecule has 5 heteroatoms.